The molecule has 10 nitrogen and oxygen atoms in total. The summed E-state index contributed by atoms with van der Waals surface area (Å²) < 4.78 is 5.22. The standard InChI is InChI=1S/C21H37N5O5/c1-8-16(31-7)13(4)18(27)24-17(12(2)3)20(29)23-14(5)21(30)26-11-9-10-15(25-26)19(28)22-6/h8,12-17,25H,1,9-11H2,2-7H3,(H,22,28)(H,23,29)(H,24,27)/t13-,14+,15+,16-,17+/m1/s1. The summed E-state index contributed by atoms with van der Waals surface area (Å²) >= 11 is 0. The summed E-state index contributed by atoms with van der Waals surface area (Å²) in [4.78, 5) is 50.1. The van der Waals surface area contributed by atoms with Crippen LogP contribution in [0.4, 0.5) is 0 Å². The van der Waals surface area contributed by atoms with E-state index < -0.39 is 36.1 Å². The zero-order valence-corrected chi connectivity index (χ0v) is 19.4. The first-order chi connectivity index (χ1) is 14.6. The van der Waals surface area contributed by atoms with E-state index in [0.29, 0.717) is 19.4 Å². The zero-order chi connectivity index (χ0) is 23.7. The number of rotatable bonds is 10. The maximum Gasteiger partial charge on any atom is 0.258 e. The van der Waals surface area contributed by atoms with Crippen molar-refractivity contribution in [2.45, 2.75) is 64.8 Å². The molecule has 0 aromatic carbocycles. The van der Waals surface area contributed by atoms with Crippen LogP contribution in [0.25, 0.3) is 0 Å². The van der Waals surface area contributed by atoms with Crippen molar-refractivity contribution in [1.82, 2.24) is 26.4 Å². The van der Waals surface area contributed by atoms with Crippen LogP contribution in [0.5, 0.6) is 0 Å². The number of likely N-dealkylation sites (N-methyl/N-ethyl adjacent to an activating group) is 1. The summed E-state index contributed by atoms with van der Waals surface area (Å²) in [6, 6.07) is -2.15. The average molecular weight is 440 g/mol. The summed E-state index contributed by atoms with van der Waals surface area (Å²) in [6.07, 6.45) is 2.35. The molecule has 31 heavy (non-hydrogen) atoms. The third-order valence-electron chi connectivity index (χ3n) is 5.40. The second kappa shape index (κ2) is 12.4. The number of amides is 4. The highest BCUT2D eigenvalue weighted by molar-refractivity contribution is 5.92. The summed E-state index contributed by atoms with van der Waals surface area (Å²) in [6.45, 7) is 11.0. The predicted molar refractivity (Wildman–Crippen MR) is 116 cm³/mol. The van der Waals surface area contributed by atoms with Crippen molar-refractivity contribution in [1.29, 1.82) is 0 Å². The van der Waals surface area contributed by atoms with Gasteiger partial charge in [0.2, 0.25) is 17.7 Å². The Morgan fingerprint density at radius 2 is 1.77 bits per heavy atom. The van der Waals surface area contributed by atoms with Gasteiger partial charge in [-0.2, -0.15) is 0 Å². The Kier molecular flexibility index (Phi) is 10.6. The van der Waals surface area contributed by atoms with E-state index in [-0.39, 0.29) is 23.6 Å². The third kappa shape index (κ3) is 7.32. The molecule has 0 unspecified atom stereocenters. The molecule has 0 aromatic rings. The van der Waals surface area contributed by atoms with Crippen molar-refractivity contribution in [3.63, 3.8) is 0 Å². The highest BCUT2D eigenvalue weighted by Crippen LogP contribution is 2.12. The maximum absolute atomic E-state index is 12.8. The molecule has 4 N–H and O–H groups in total. The molecular formula is C21H37N5O5. The van der Waals surface area contributed by atoms with E-state index in [0.717, 1.165) is 0 Å². The molecule has 4 amide bonds. The van der Waals surface area contributed by atoms with Gasteiger partial charge in [-0.1, -0.05) is 26.8 Å². The second-order valence-electron chi connectivity index (χ2n) is 8.11. The maximum atomic E-state index is 12.8. The molecule has 1 heterocycles. The van der Waals surface area contributed by atoms with Crippen LogP contribution in [0.1, 0.15) is 40.5 Å². The number of hydrogen-bond donors (Lipinski definition) is 4. The van der Waals surface area contributed by atoms with Gasteiger partial charge in [-0.25, -0.2) is 5.43 Å². The van der Waals surface area contributed by atoms with Crippen LogP contribution in [-0.2, 0) is 23.9 Å². The number of nitrogens with one attached hydrogen (secondary N) is 4. The molecule has 1 fully saturated rings. The Bertz CT molecular complexity index is 669. The molecule has 176 valence electrons. The highest BCUT2D eigenvalue weighted by Gasteiger charge is 2.33. The first kappa shape index (κ1) is 26.6. The average Bonchev–Trinajstić information content (AvgIpc) is 2.76. The Balaban J connectivity index is 2.76. The molecule has 0 saturated carbocycles. The Labute approximate surface area is 184 Å². The zero-order valence-electron chi connectivity index (χ0n) is 19.4. The fraction of sp³-hybridized carbons (Fsp3) is 0.714. The number of hydrazine groups is 1. The van der Waals surface area contributed by atoms with Crippen molar-refractivity contribution < 1.29 is 23.9 Å². The largest absolute Gasteiger partial charge is 0.377 e. The van der Waals surface area contributed by atoms with Crippen LogP contribution < -0.4 is 21.4 Å². The van der Waals surface area contributed by atoms with Crippen LogP contribution in [0, 0.1) is 11.8 Å². The van der Waals surface area contributed by atoms with Gasteiger partial charge in [-0.15, -0.1) is 6.58 Å². The van der Waals surface area contributed by atoms with Crippen molar-refractivity contribution in [3.05, 3.63) is 12.7 Å². The molecule has 1 saturated heterocycles. The van der Waals surface area contributed by atoms with Gasteiger partial charge in [-0.3, -0.25) is 24.2 Å². The van der Waals surface area contributed by atoms with E-state index in [2.05, 4.69) is 28.0 Å². The minimum absolute atomic E-state index is 0.195. The van der Waals surface area contributed by atoms with Crippen LogP contribution in [0.15, 0.2) is 12.7 Å². The quantitative estimate of drug-likeness (QED) is 0.346. The van der Waals surface area contributed by atoms with E-state index >= 15 is 0 Å². The number of hydrogen-bond acceptors (Lipinski definition) is 6. The second-order valence-corrected chi connectivity index (χ2v) is 8.11. The summed E-state index contributed by atoms with van der Waals surface area (Å²) in [5.41, 5.74) is 2.91. The van der Waals surface area contributed by atoms with Gasteiger partial charge in [0.05, 0.1) is 12.0 Å². The van der Waals surface area contributed by atoms with Gasteiger partial charge in [0, 0.05) is 20.7 Å². The van der Waals surface area contributed by atoms with Gasteiger partial charge in [0.15, 0.2) is 0 Å². The molecule has 1 rings (SSSR count). The molecule has 1 aliphatic heterocycles. The number of ether oxygens (including phenoxy) is 1. The summed E-state index contributed by atoms with van der Waals surface area (Å²) in [7, 11) is 3.03. The van der Waals surface area contributed by atoms with E-state index in [1.807, 2.05) is 13.8 Å². The Morgan fingerprint density at radius 3 is 2.29 bits per heavy atom. The third-order valence-corrected chi connectivity index (χ3v) is 5.40. The Morgan fingerprint density at radius 1 is 1.13 bits per heavy atom. The van der Waals surface area contributed by atoms with Gasteiger partial charge in [0.1, 0.15) is 18.1 Å². The minimum atomic E-state index is -0.834. The lowest BCUT2D eigenvalue weighted by molar-refractivity contribution is -0.143. The molecule has 10 heteroatoms. The summed E-state index contributed by atoms with van der Waals surface area (Å²) in [5, 5.41) is 9.36. The van der Waals surface area contributed by atoms with Crippen molar-refractivity contribution >= 4 is 23.6 Å². The number of carbonyl (C=O) groups is 4. The van der Waals surface area contributed by atoms with Crippen LogP contribution in [0.2, 0.25) is 0 Å². The molecule has 1 aliphatic rings. The highest BCUT2D eigenvalue weighted by atomic mass is 16.5. The molecule has 0 aliphatic carbocycles. The monoisotopic (exact) mass is 439 g/mol. The van der Waals surface area contributed by atoms with E-state index in [4.69, 9.17) is 4.74 Å². The molecular weight excluding hydrogens is 402 g/mol. The van der Waals surface area contributed by atoms with Crippen LogP contribution in [0.3, 0.4) is 0 Å². The van der Waals surface area contributed by atoms with Crippen LogP contribution in [-0.4, -0.2) is 73.6 Å². The SMILES string of the molecule is C=C[C@@H](OC)[C@@H](C)C(=O)N[C@H](C(=O)N[C@@H](C)C(=O)N1CCC[C@@H](C(=O)NC)N1)C(C)C. The fourth-order valence-electron chi connectivity index (χ4n) is 3.38. The van der Waals surface area contributed by atoms with Crippen molar-refractivity contribution in [2.24, 2.45) is 11.8 Å². The number of nitrogens with zero attached hydrogens (tertiary/aromatic N) is 1. The topological polar surface area (TPSA) is 129 Å². The summed E-state index contributed by atoms with van der Waals surface area (Å²) in [5.74, 6) is -2.08. The van der Waals surface area contributed by atoms with E-state index in [1.54, 1.807) is 20.9 Å². The number of methoxy groups -OCH3 is 1. The number of carbonyl (C=O) groups excluding carboxylic acids is 4. The van der Waals surface area contributed by atoms with Gasteiger partial charge < -0.3 is 20.7 Å². The van der Waals surface area contributed by atoms with Crippen molar-refractivity contribution in [3.8, 4) is 0 Å². The molecule has 0 aromatic heterocycles. The normalized spacial score (nSPS) is 20.2. The van der Waals surface area contributed by atoms with E-state index in [9.17, 15) is 19.2 Å². The minimum Gasteiger partial charge on any atom is -0.377 e. The van der Waals surface area contributed by atoms with Gasteiger partial charge in [0.25, 0.3) is 5.91 Å². The fourth-order valence-corrected chi connectivity index (χ4v) is 3.38. The first-order valence-corrected chi connectivity index (χ1v) is 10.6. The van der Waals surface area contributed by atoms with E-state index in [1.165, 1.54) is 18.2 Å². The lowest BCUT2D eigenvalue weighted by Crippen LogP contribution is -2.61. The van der Waals surface area contributed by atoms with Gasteiger partial charge >= 0.3 is 0 Å². The molecule has 5 atom stereocenters. The van der Waals surface area contributed by atoms with Crippen molar-refractivity contribution in [2.75, 3.05) is 20.7 Å². The first-order valence-electron chi connectivity index (χ1n) is 10.6. The smallest absolute Gasteiger partial charge is 0.258 e. The lowest BCUT2D eigenvalue weighted by atomic mass is 9.99. The lowest BCUT2D eigenvalue weighted by Gasteiger charge is -2.35. The Hall–Kier alpha value is -2.46. The predicted octanol–water partition coefficient (Wildman–Crippen LogP) is -0.289. The van der Waals surface area contributed by atoms with Crippen LogP contribution >= 0.6 is 0 Å². The van der Waals surface area contributed by atoms with Gasteiger partial charge in [-0.05, 0) is 25.7 Å². The molecule has 0 radical (unpaired) electrons. The molecule has 0 spiro atoms. The molecule has 0 bridgehead atoms.